The highest BCUT2D eigenvalue weighted by molar-refractivity contribution is 6.25. The molecule has 1 aliphatic carbocycles. The Bertz CT molecular complexity index is 2550. The van der Waals surface area contributed by atoms with Crippen molar-refractivity contribution in [2.45, 2.75) is 25.7 Å². The fourth-order valence-electron chi connectivity index (χ4n) is 8.22. The Kier molecular flexibility index (Phi) is 6.66. The molecule has 0 saturated carbocycles. The molecule has 0 aliphatic heterocycles. The minimum Gasteiger partial charge on any atom is -0.0795 e. The molecule has 0 bridgehead atoms. The van der Waals surface area contributed by atoms with Crippen LogP contribution in [0.3, 0.4) is 0 Å². The third-order valence-electron chi connectivity index (χ3n) is 10.6. The summed E-state index contributed by atoms with van der Waals surface area (Å²) in [4.78, 5) is 0. The molecule has 0 unspecified atom stereocenters. The molecule has 0 heteroatoms. The largest absolute Gasteiger partial charge is 0.0795 e. The molecule has 1 aliphatic rings. The minimum atomic E-state index is -0.0189. The molecular weight excluding hydrogens is 577 g/mol. The van der Waals surface area contributed by atoms with Crippen LogP contribution < -0.4 is 0 Å². The second kappa shape index (κ2) is 11.2. The van der Waals surface area contributed by atoms with Gasteiger partial charge in [0.1, 0.15) is 0 Å². The first kappa shape index (κ1) is 28.5. The van der Waals surface area contributed by atoms with E-state index in [2.05, 4.69) is 184 Å². The molecule has 9 rings (SSSR count). The molecule has 0 radical (unpaired) electrons. The molecule has 0 heterocycles. The second-order valence-electron chi connectivity index (χ2n) is 13.6. The molecule has 0 aromatic heterocycles. The maximum absolute atomic E-state index is 2.44. The standard InChI is InChI=1S/C48H36/c1-48(2)44-26-13-12-23-40(44)41-29-28-35(31-45(41)48)36-20-8-6-15-32(36)19-14-25-39-38-22-10-11-24-42(38)46(34-17-4-3-5-18-34)47-37-21-9-7-16-33(37)27-30-43(39)47/h3-18,20-31H,19H2,1-2H3/b25-14+. The first-order valence-electron chi connectivity index (χ1n) is 17.0. The van der Waals surface area contributed by atoms with E-state index in [4.69, 9.17) is 0 Å². The fourth-order valence-corrected chi connectivity index (χ4v) is 8.22. The maximum atomic E-state index is 2.44. The van der Waals surface area contributed by atoms with E-state index in [1.54, 1.807) is 0 Å². The van der Waals surface area contributed by atoms with Crippen LogP contribution in [0.25, 0.3) is 71.8 Å². The Balaban J connectivity index is 1.17. The van der Waals surface area contributed by atoms with Gasteiger partial charge >= 0.3 is 0 Å². The molecule has 0 fully saturated rings. The lowest BCUT2D eigenvalue weighted by Crippen LogP contribution is -2.14. The Morgan fingerprint density at radius 2 is 1.15 bits per heavy atom. The molecule has 0 amide bonds. The van der Waals surface area contributed by atoms with Crippen molar-refractivity contribution in [3.05, 3.63) is 186 Å². The van der Waals surface area contributed by atoms with Crippen LogP contribution in [0, 0.1) is 0 Å². The summed E-state index contributed by atoms with van der Waals surface area (Å²) in [6.45, 7) is 4.72. The fraction of sp³-hybridized carbons (Fsp3) is 0.0833. The second-order valence-corrected chi connectivity index (χ2v) is 13.6. The summed E-state index contributed by atoms with van der Waals surface area (Å²) in [5.41, 5.74) is 13.3. The lowest BCUT2D eigenvalue weighted by Gasteiger charge is -2.22. The number of rotatable bonds is 5. The zero-order valence-electron chi connectivity index (χ0n) is 27.4. The normalized spacial score (nSPS) is 13.4. The number of fused-ring (bicyclic) bond motifs is 7. The van der Waals surface area contributed by atoms with Crippen LogP contribution in [0.4, 0.5) is 0 Å². The summed E-state index contributed by atoms with van der Waals surface area (Å²) >= 11 is 0. The monoisotopic (exact) mass is 612 g/mol. The van der Waals surface area contributed by atoms with E-state index in [1.165, 1.54) is 88.0 Å². The van der Waals surface area contributed by atoms with Crippen molar-refractivity contribution >= 4 is 38.4 Å². The third kappa shape index (κ3) is 4.44. The molecule has 0 saturated heterocycles. The van der Waals surface area contributed by atoms with E-state index >= 15 is 0 Å². The van der Waals surface area contributed by atoms with Crippen LogP contribution in [0.2, 0.25) is 0 Å². The van der Waals surface area contributed by atoms with Crippen molar-refractivity contribution in [1.29, 1.82) is 0 Å². The molecule has 228 valence electrons. The average Bonchev–Trinajstić information content (AvgIpc) is 3.37. The summed E-state index contributed by atoms with van der Waals surface area (Å²) in [5, 5.41) is 7.73. The van der Waals surface area contributed by atoms with Gasteiger partial charge in [0.2, 0.25) is 0 Å². The molecule has 0 nitrogen and oxygen atoms in total. The Labute approximate surface area is 282 Å². The van der Waals surface area contributed by atoms with E-state index in [-0.39, 0.29) is 5.41 Å². The van der Waals surface area contributed by atoms with E-state index in [1.807, 2.05) is 0 Å². The van der Waals surface area contributed by atoms with E-state index in [0.717, 1.165) is 6.42 Å². The van der Waals surface area contributed by atoms with Crippen molar-refractivity contribution in [2.75, 3.05) is 0 Å². The van der Waals surface area contributed by atoms with Crippen molar-refractivity contribution in [1.82, 2.24) is 0 Å². The molecule has 0 N–H and O–H groups in total. The van der Waals surface area contributed by atoms with Gasteiger partial charge in [-0.05, 0) is 100 Å². The van der Waals surface area contributed by atoms with Crippen LogP contribution in [0.5, 0.6) is 0 Å². The van der Waals surface area contributed by atoms with E-state index in [9.17, 15) is 0 Å². The summed E-state index contributed by atoms with van der Waals surface area (Å²) in [5.74, 6) is 0. The van der Waals surface area contributed by atoms with Crippen LogP contribution in [-0.4, -0.2) is 0 Å². The van der Waals surface area contributed by atoms with Gasteiger partial charge in [0.15, 0.2) is 0 Å². The highest BCUT2D eigenvalue weighted by Gasteiger charge is 2.35. The Hall–Kier alpha value is -5.72. The van der Waals surface area contributed by atoms with E-state index in [0.29, 0.717) is 0 Å². The van der Waals surface area contributed by atoms with Crippen LogP contribution in [0.1, 0.15) is 36.1 Å². The van der Waals surface area contributed by atoms with Gasteiger partial charge in [-0.1, -0.05) is 178 Å². The van der Waals surface area contributed by atoms with Crippen LogP contribution in [-0.2, 0) is 11.8 Å². The average molecular weight is 613 g/mol. The van der Waals surface area contributed by atoms with Crippen molar-refractivity contribution in [2.24, 2.45) is 0 Å². The SMILES string of the molecule is CC1(C)c2ccccc2-c2ccc(-c3ccccc3C/C=C/c3c4ccccc4c(-c4ccccc4)c4c3ccc3ccccc34)cc21. The topological polar surface area (TPSA) is 0 Å². The number of hydrogen-bond donors (Lipinski definition) is 0. The summed E-state index contributed by atoms with van der Waals surface area (Å²) in [6, 6.07) is 58.1. The smallest absolute Gasteiger partial charge is 0.0159 e. The predicted molar refractivity (Wildman–Crippen MR) is 207 cm³/mol. The van der Waals surface area contributed by atoms with Gasteiger partial charge in [-0.15, -0.1) is 0 Å². The minimum absolute atomic E-state index is 0.0189. The van der Waals surface area contributed by atoms with Crippen molar-refractivity contribution < 1.29 is 0 Å². The Morgan fingerprint density at radius 1 is 0.479 bits per heavy atom. The lowest BCUT2D eigenvalue weighted by molar-refractivity contribution is 0.660. The number of hydrogen-bond acceptors (Lipinski definition) is 0. The Morgan fingerprint density at radius 3 is 2.00 bits per heavy atom. The summed E-state index contributed by atoms with van der Waals surface area (Å²) < 4.78 is 0. The quantitative estimate of drug-likeness (QED) is 0.134. The zero-order valence-corrected chi connectivity index (χ0v) is 27.4. The van der Waals surface area contributed by atoms with Crippen LogP contribution >= 0.6 is 0 Å². The molecule has 0 atom stereocenters. The maximum Gasteiger partial charge on any atom is 0.0159 e. The lowest BCUT2D eigenvalue weighted by atomic mass is 9.81. The molecule has 8 aromatic rings. The number of allylic oxidation sites excluding steroid dienone is 1. The van der Waals surface area contributed by atoms with Crippen LogP contribution in [0.15, 0.2) is 164 Å². The predicted octanol–water partition coefficient (Wildman–Crippen LogP) is 13.0. The first-order valence-corrected chi connectivity index (χ1v) is 17.0. The molecular formula is C48H36. The highest BCUT2D eigenvalue weighted by Crippen LogP contribution is 2.50. The van der Waals surface area contributed by atoms with Gasteiger partial charge < -0.3 is 0 Å². The number of benzene rings is 8. The van der Waals surface area contributed by atoms with Gasteiger partial charge in [0.25, 0.3) is 0 Å². The van der Waals surface area contributed by atoms with Gasteiger partial charge in [-0.3, -0.25) is 0 Å². The third-order valence-corrected chi connectivity index (χ3v) is 10.6. The van der Waals surface area contributed by atoms with Crippen molar-refractivity contribution in [3.8, 4) is 33.4 Å². The molecule has 8 aromatic carbocycles. The summed E-state index contributed by atoms with van der Waals surface area (Å²) in [7, 11) is 0. The van der Waals surface area contributed by atoms with Gasteiger partial charge in [-0.2, -0.15) is 0 Å². The molecule has 48 heavy (non-hydrogen) atoms. The van der Waals surface area contributed by atoms with Gasteiger partial charge in [0.05, 0.1) is 0 Å². The van der Waals surface area contributed by atoms with Crippen molar-refractivity contribution in [3.63, 3.8) is 0 Å². The van der Waals surface area contributed by atoms with E-state index < -0.39 is 0 Å². The van der Waals surface area contributed by atoms with Gasteiger partial charge in [0, 0.05) is 5.41 Å². The zero-order chi connectivity index (χ0) is 32.2. The highest BCUT2D eigenvalue weighted by atomic mass is 14.4. The molecule has 0 spiro atoms. The first-order chi connectivity index (χ1) is 23.6. The van der Waals surface area contributed by atoms with Gasteiger partial charge in [-0.25, -0.2) is 0 Å². The summed E-state index contributed by atoms with van der Waals surface area (Å²) in [6.07, 6.45) is 5.58.